The first-order chi connectivity index (χ1) is 12.1. The molecule has 6 nitrogen and oxygen atoms in total. The van der Waals surface area contributed by atoms with Gasteiger partial charge in [-0.2, -0.15) is 0 Å². The van der Waals surface area contributed by atoms with E-state index in [2.05, 4.69) is 5.32 Å². The van der Waals surface area contributed by atoms with Crippen molar-refractivity contribution in [1.29, 1.82) is 0 Å². The van der Waals surface area contributed by atoms with Gasteiger partial charge < -0.3 is 19.9 Å². The molecule has 2 saturated heterocycles. The molecule has 0 unspecified atom stereocenters. The number of hydrogen-bond donors (Lipinski definition) is 1. The predicted octanol–water partition coefficient (Wildman–Crippen LogP) is 3.01. The second-order valence-electron chi connectivity index (χ2n) is 6.78. The summed E-state index contributed by atoms with van der Waals surface area (Å²) in [4.78, 5) is 28.4. The number of rotatable bonds is 4. The maximum Gasteiger partial charge on any atom is 0.321 e. The highest BCUT2D eigenvalue weighted by atomic mass is 16.5. The zero-order chi connectivity index (χ0) is 17.8. The summed E-state index contributed by atoms with van der Waals surface area (Å²) >= 11 is 0. The summed E-state index contributed by atoms with van der Waals surface area (Å²) in [6, 6.07) is 5.74. The van der Waals surface area contributed by atoms with Crippen LogP contribution in [0.5, 0.6) is 5.75 Å². The number of nitrogens with one attached hydrogen (secondary N) is 1. The number of anilines is 1. The summed E-state index contributed by atoms with van der Waals surface area (Å²) in [6.07, 6.45) is 3.50. The monoisotopic (exact) mass is 345 g/mol. The fraction of sp³-hybridized carbons (Fsp3) is 0.579. The molecule has 2 heterocycles. The van der Waals surface area contributed by atoms with Gasteiger partial charge in [0.05, 0.1) is 6.61 Å². The molecule has 3 amide bonds. The minimum Gasteiger partial charge on any atom is -0.494 e. The molecule has 0 spiro atoms. The van der Waals surface area contributed by atoms with Crippen LogP contribution in [0.4, 0.5) is 10.5 Å². The summed E-state index contributed by atoms with van der Waals surface area (Å²) < 4.78 is 5.53. The Morgan fingerprint density at radius 1 is 1.32 bits per heavy atom. The number of urea groups is 1. The lowest BCUT2D eigenvalue weighted by atomic mass is 10.0. The van der Waals surface area contributed by atoms with E-state index in [1.54, 1.807) is 0 Å². The van der Waals surface area contributed by atoms with Crippen molar-refractivity contribution in [1.82, 2.24) is 9.80 Å². The van der Waals surface area contributed by atoms with Crippen LogP contribution in [0, 0.1) is 6.92 Å². The van der Waals surface area contributed by atoms with Crippen molar-refractivity contribution < 1.29 is 14.3 Å². The van der Waals surface area contributed by atoms with Crippen molar-refractivity contribution in [2.24, 2.45) is 0 Å². The van der Waals surface area contributed by atoms with Gasteiger partial charge in [0.15, 0.2) is 0 Å². The molecular formula is C19H27N3O3. The molecule has 1 atom stereocenters. The fourth-order valence-electron chi connectivity index (χ4n) is 3.70. The molecule has 25 heavy (non-hydrogen) atoms. The van der Waals surface area contributed by atoms with Crippen LogP contribution < -0.4 is 10.1 Å². The summed E-state index contributed by atoms with van der Waals surface area (Å²) in [5.41, 5.74) is 1.77. The van der Waals surface area contributed by atoms with Crippen LogP contribution in [0.1, 0.15) is 38.2 Å². The molecule has 2 aliphatic rings. The Bertz CT molecular complexity index is 647. The Hall–Kier alpha value is -2.24. The van der Waals surface area contributed by atoms with Crippen molar-refractivity contribution >= 4 is 17.6 Å². The number of amides is 3. The maximum atomic E-state index is 12.6. The number of aryl methyl sites for hydroxylation is 1. The van der Waals surface area contributed by atoms with Crippen molar-refractivity contribution in [2.45, 2.75) is 45.6 Å². The van der Waals surface area contributed by atoms with Gasteiger partial charge in [0, 0.05) is 37.8 Å². The molecule has 1 aromatic carbocycles. The highest BCUT2D eigenvalue weighted by Gasteiger charge is 2.32. The number of carbonyl (C=O) groups is 2. The van der Waals surface area contributed by atoms with E-state index >= 15 is 0 Å². The zero-order valence-corrected chi connectivity index (χ0v) is 15.1. The first-order valence-electron chi connectivity index (χ1n) is 9.17. The van der Waals surface area contributed by atoms with Crippen LogP contribution in [-0.4, -0.2) is 54.0 Å². The van der Waals surface area contributed by atoms with Crippen molar-refractivity contribution in [3.05, 3.63) is 23.8 Å². The maximum absolute atomic E-state index is 12.6. The van der Waals surface area contributed by atoms with Gasteiger partial charge in [-0.15, -0.1) is 0 Å². The Morgan fingerprint density at radius 3 is 2.84 bits per heavy atom. The molecule has 0 radical (unpaired) electrons. The van der Waals surface area contributed by atoms with Crippen LogP contribution in [0.25, 0.3) is 0 Å². The topological polar surface area (TPSA) is 61.9 Å². The molecule has 2 aliphatic heterocycles. The van der Waals surface area contributed by atoms with Gasteiger partial charge in [0.1, 0.15) is 5.75 Å². The normalized spacial score (nSPS) is 20.7. The van der Waals surface area contributed by atoms with Gasteiger partial charge in [0.2, 0.25) is 5.91 Å². The lowest BCUT2D eigenvalue weighted by Crippen LogP contribution is -2.51. The molecule has 3 rings (SSSR count). The number of ether oxygens (including phenoxy) is 1. The number of carbonyl (C=O) groups excluding carboxylic acids is 2. The van der Waals surface area contributed by atoms with Crippen molar-refractivity contribution in [2.75, 3.05) is 31.6 Å². The van der Waals surface area contributed by atoms with Gasteiger partial charge in [-0.05, 0) is 56.9 Å². The predicted molar refractivity (Wildman–Crippen MR) is 96.9 cm³/mol. The number of nitrogens with zero attached hydrogens (tertiary/aromatic N) is 2. The van der Waals surface area contributed by atoms with Gasteiger partial charge in [0.25, 0.3) is 0 Å². The van der Waals surface area contributed by atoms with E-state index in [1.165, 1.54) is 0 Å². The van der Waals surface area contributed by atoms with E-state index in [4.69, 9.17) is 4.74 Å². The Kier molecular flexibility index (Phi) is 5.46. The van der Waals surface area contributed by atoms with E-state index in [1.807, 2.05) is 41.8 Å². The molecule has 0 bridgehead atoms. The Labute approximate surface area is 149 Å². The summed E-state index contributed by atoms with van der Waals surface area (Å²) in [6.45, 7) is 6.73. The van der Waals surface area contributed by atoms with Crippen LogP contribution in [0.3, 0.4) is 0 Å². The number of likely N-dealkylation sites (tertiary alicyclic amines) is 2. The quantitative estimate of drug-likeness (QED) is 0.912. The summed E-state index contributed by atoms with van der Waals surface area (Å²) in [5.74, 6) is 1.07. The zero-order valence-electron chi connectivity index (χ0n) is 15.1. The van der Waals surface area contributed by atoms with E-state index < -0.39 is 0 Å². The molecule has 1 N–H and O–H groups in total. The molecule has 2 fully saturated rings. The lowest BCUT2D eigenvalue weighted by Gasteiger charge is -2.37. The third-order valence-electron chi connectivity index (χ3n) is 4.96. The highest BCUT2D eigenvalue weighted by molar-refractivity contribution is 5.89. The smallest absolute Gasteiger partial charge is 0.321 e. The Morgan fingerprint density at radius 2 is 2.16 bits per heavy atom. The molecular weight excluding hydrogens is 318 g/mol. The molecule has 6 heteroatoms. The number of benzene rings is 1. The fourth-order valence-corrected chi connectivity index (χ4v) is 3.70. The van der Waals surface area contributed by atoms with Crippen molar-refractivity contribution in [3.8, 4) is 5.75 Å². The van der Waals surface area contributed by atoms with Crippen LogP contribution >= 0.6 is 0 Å². The SMILES string of the molecule is CCOc1ccc(NC(=O)N2CCC[C@H](N3CCCC3=O)C2)cc1C. The summed E-state index contributed by atoms with van der Waals surface area (Å²) in [5, 5.41) is 2.97. The number of piperidine rings is 1. The second-order valence-corrected chi connectivity index (χ2v) is 6.78. The first kappa shape index (κ1) is 17.6. The standard InChI is InChI=1S/C19H27N3O3/c1-3-25-17-9-8-15(12-14(17)2)20-19(24)21-10-4-6-16(13-21)22-11-5-7-18(22)23/h8-9,12,16H,3-7,10-11,13H2,1-2H3,(H,20,24)/t16-/m0/s1. The van der Waals surface area contributed by atoms with Gasteiger partial charge in [-0.1, -0.05) is 0 Å². The van der Waals surface area contributed by atoms with E-state index in [0.717, 1.165) is 49.4 Å². The third-order valence-corrected chi connectivity index (χ3v) is 4.96. The minimum absolute atomic E-state index is 0.0973. The van der Waals surface area contributed by atoms with E-state index in [-0.39, 0.29) is 18.0 Å². The van der Waals surface area contributed by atoms with Gasteiger partial charge >= 0.3 is 6.03 Å². The Balaban J connectivity index is 1.60. The minimum atomic E-state index is -0.0973. The average molecular weight is 345 g/mol. The van der Waals surface area contributed by atoms with Crippen molar-refractivity contribution in [3.63, 3.8) is 0 Å². The third kappa shape index (κ3) is 4.06. The average Bonchev–Trinajstić information content (AvgIpc) is 3.03. The van der Waals surface area contributed by atoms with E-state index in [0.29, 0.717) is 19.6 Å². The second kappa shape index (κ2) is 7.76. The van der Waals surface area contributed by atoms with Gasteiger partial charge in [-0.3, -0.25) is 4.79 Å². The largest absolute Gasteiger partial charge is 0.494 e. The molecule has 0 saturated carbocycles. The number of hydrogen-bond acceptors (Lipinski definition) is 3. The first-order valence-corrected chi connectivity index (χ1v) is 9.17. The van der Waals surface area contributed by atoms with Crippen LogP contribution in [0.2, 0.25) is 0 Å². The van der Waals surface area contributed by atoms with E-state index in [9.17, 15) is 9.59 Å². The summed E-state index contributed by atoms with van der Waals surface area (Å²) in [7, 11) is 0. The highest BCUT2D eigenvalue weighted by Crippen LogP contribution is 2.24. The van der Waals surface area contributed by atoms with Gasteiger partial charge in [-0.25, -0.2) is 4.79 Å². The van der Waals surface area contributed by atoms with Crippen LogP contribution in [0.15, 0.2) is 18.2 Å². The molecule has 136 valence electrons. The molecule has 0 aliphatic carbocycles. The van der Waals surface area contributed by atoms with Crippen LogP contribution in [-0.2, 0) is 4.79 Å². The lowest BCUT2D eigenvalue weighted by molar-refractivity contribution is -0.130. The molecule has 0 aromatic heterocycles. The molecule has 1 aromatic rings.